The van der Waals surface area contributed by atoms with Gasteiger partial charge in [0.2, 0.25) is 5.91 Å². The fourth-order valence-corrected chi connectivity index (χ4v) is 2.01. The Kier molecular flexibility index (Phi) is 3.34. The number of hydrogen-bond donors (Lipinski definition) is 2. The second-order valence-corrected chi connectivity index (χ2v) is 4.40. The Labute approximate surface area is 100 Å². The highest BCUT2D eigenvalue weighted by Crippen LogP contribution is 2.32. The van der Waals surface area contributed by atoms with Crippen molar-refractivity contribution in [2.45, 2.75) is 26.2 Å². The molecule has 0 saturated heterocycles. The minimum atomic E-state index is 0.0387. The van der Waals surface area contributed by atoms with E-state index in [9.17, 15) is 4.79 Å². The molecule has 1 amide bonds. The van der Waals surface area contributed by atoms with Gasteiger partial charge in [0, 0.05) is 12.2 Å². The molecule has 1 aromatic rings. The van der Waals surface area contributed by atoms with Crippen LogP contribution in [0.25, 0.3) is 0 Å². The van der Waals surface area contributed by atoms with Crippen molar-refractivity contribution in [2.75, 3.05) is 17.2 Å². The highest BCUT2D eigenvalue weighted by atomic mass is 35.5. The highest BCUT2D eigenvalue weighted by Gasteiger charge is 2.19. The van der Waals surface area contributed by atoms with E-state index in [1.54, 1.807) is 0 Å². The van der Waals surface area contributed by atoms with Gasteiger partial charge in [0.15, 0.2) is 0 Å². The third kappa shape index (κ3) is 2.30. The molecule has 0 fully saturated rings. The normalized spacial score (nSPS) is 13.5. The molecule has 0 aliphatic carbocycles. The molecule has 1 aliphatic heterocycles. The summed E-state index contributed by atoms with van der Waals surface area (Å²) in [7, 11) is 0. The summed E-state index contributed by atoms with van der Waals surface area (Å²) in [6.45, 7) is 3.06. The predicted octanol–water partition coefficient (Wildman–Crippen LogP) is 3.05. The fraction of sp³-hybridized carbons (Fsp3) is 0.417. The van der Waals surface area contributed by atoms with Crippen LogP contribution in [0.5, 0.6) is 0 Å². The van der Waals surface area contributed by atoms with Gasteiger partial charge in [-0.3, -0.25) is 4.79 Å². The van der Waals surface area contributed by atoms with Crippen LogP contribution in [0.15, 0.2) is 12.1 Å². The van der Waals surface area contributed by atoms with Gasteiger partial charge >= 0.3 is 0 Å². The number of carbonyl (C=O) groups is 1. The molecule has 0 saturated carbocycles. The van der Waals surface area contributed by atoms with Crippen LogP contribution >= 0.6 is 11.6 Å². The van der Waals surface area contributed by atoms with Crippen molar-refractivity contribution in [2.24, 2.45) is 0 Å². The van der Waals surface area contributed by atoms with Crippen LogP contribution in [0.2, 0.25) is 5.02 Å². The average molecular weight is 239 g/mol. The fourth-order valence-electron chi connectivity index (χ4n) is 1.78. The Morgan fingerprint density at radius 2 is 2.31 bits per heavy atom. The topological polar surface area (TPSA) is 41.1 Å². The summed E-state index contributed by atoms with van der Waals surface area (Å²) < 4.78 is 0. The van der Waals surface area contributed by atoms with Crippen LogP contribution in [-0.4, -0.2) is 12.5 Å². The molecule has 2 rings (SSSR count). The number of halogens is 1. The van der Waals surface area contributed by atoms with Gasteiger partial charge in [-0.25, -0.2) is 0 Å². The summed E-state index contributed by atoms with van der Waals surface area (Å²) in [5.41, 5.74) is 2.79. The lowest BCUT2D eigenvalue weighted by Gasteiger charge is -2.09. The molecule has 3 nitrogen and oxygen atoms in total. The monoisotopic (exact) mass is 238 g/mol. The SMILES string of the molecule is CCCCNc1cc2c(cc1Cl)NC(=O)C2. The zero-order valence-corrected chi connectivity index (χ0v) is 10.0. The van der Waals surface area contributed by atoms with Gasteiger partial charge in [0.25, 0.3) is 0 Å². The van der Waals surface area contributed by atoms with Crippen molar-refractivity contribution in [3.8, 4) is 0 Å². The number of hydrogen-bond acceptors (Lipinski definition) is 2. The van der Waals surface area contributed by atoms with E-state index < -0.39 is 0 Å². The van der Waals surface area contributed by atoms with Gasteiger partial charge in [-0.05, 0) is 24.1 Å². The first-order chi connectivity index (χ1) is 7.70. The van der Waals surface area contributed by atoms with Crippen molar-refractivity contribution in [3.63, 3.8) is 0 Å². The second-order valence-electron chi connectivity index (χ2n) is 3.99. The van der Waals surface area contributed by atoms with Gasteiger partial charge < -0.3 is 10.6 Å². The Hall–Kier alpha value is -1.22. The number of unbranched alkanes of at least 4 members (excludes halogenated alkanes) is 1. The lowest BCUT2D eigenvalue weighted by Crippen LogP contribution is -2.03. The number of amides is 1. The van der Waals surface area contributed by atoms with Crippen LogP contribution in [0, 0.1) is 0 Å². The maximum absolute atomic E-state index is 11.2. The first kappa shape index (κ1) is 11.3. The number of anilines is 2. The highest BCUT2D eigenvalue weighted by molar-refractivity contribution is 6.33. The third-order valence-corrected chi connectivity index (χ3v) is 2.98. The Bertz CT molecular complexity index is 418. The minimum Gasteiger partial charge on any atom is -0.384 e. The van der Waals surface area contributed by atoms with E-state index in [4.69, 9.17) is 11.6 Å². The summed E-state index contributed by atoms with van der Waals surface area (Å²) >= 11 is 6.12. The number of carbonyl (C=O) groups excluding carboxylic acids is 1. The molecular weight excluding hydrogens is 224 g/mol. The van der Waals surface area contributed by atoms with E-state index in [0.29, 0.717) is 11.4 Å². The summed E-state index contributed by atoms with van der Waals surface area (Å²) in [4.78, 5) is 11.2. The number of nitrogens with one attached hydrogen (secondary N) is 2. The van der Waals surface area contributed by atoms with E-state index in [2.05, 4.69) is 17.6 Å². The molecule has 0 aromatic heterocycles. The summed E-state index contributed by atoms with van der Waals surface area (Å²) in [6.07, 6.45) is 2.72. The molecule has 0 bridgehead atoms. The lowest BCUT2D eigenvalue weighted by atomic mass is 10.1. The van der Waals surface area contributed by atoms with Crippen molar-refractivity contribution in [3.05, 3.63) is 22.7 Å². The quantitative estimate of drug-likeness (QED) is 0.792. The van der Waals surface area contributed by atoms with E-state index in [0.717, 1.165) is 36.3 Å². The van der Waals surface area contributed by atoms with Gasteiger partial charge in [-0.15, -0.1) is 0 Å². The van der Waals surface area contributed by atoms with Gasteiger partial charge in [0.1, 0.15) is 0 Å². The van der Waals surface area contributed by atoms with E-state index >= 15 is 0 Å². The first-order valence-electron chi connectivity index (χ1n) is 5.57. The molecule has 1 aliphatic rings. The molecule has 0 radical (unpaired) electrons. The van der Waals surface area contributed by atoms with Crippen molar-refractivity contribution in [1.82, 2.24) is 0 Å². The van der Waals surface area contributed by atoms with Crippen LogP contribution < -0.4 is 10.6 Å². The summed E-state index contributed by atoms with van der Waals surface area (Å²) in [5, 5.41) is 6.73. The Balaban J connectivity index is 2.15. The van der Waals surface area contributed by atoms with Crippen LogP contribution in [0.3, 0.4) is 0 Å². The van der Waals surface area contributed by atoms with E-state index in [-0.39, 0.29) is 5.91 Å². The smallest absolute Gasteiger partial charge is 0.228 e. The standard InChI is InChI=1S/C12H15ClN2O/c1-2-3-4-14-11-5-8-6-12(16)15-10(8)7-9(11)13/h5,7,14H,2-4,6H2,1H3,(H,15,16). The zero-order chi connectivity index (χ0) is 11.5. The number of benzene rings is 1. The second kappa shape index (κ2) is 4.74. The van der Waals surface area contributed by atoms with Gasteiger partial charge in [0.05, 0.1) is 17.1 Å². The zero-order valence-electron chi connectivity index (χ0n) is 9.27. The van der Waals surface area contributed by atoms with E-state index in [1.807, 2.05) is 12.1 Å². The summed E-state index contributed by atoms with van der Waals surface area (Å²) in [5.74, 6) is 0.0387. The maximum Gasteiger partial charge on any atom is 0.228 e. The van der Waals surface area contributed by atoms with E-state index in [1.165, 1.54) is 0 Å². The number of rotatable bonds is 4. The molecule has 86 valence electrons. The molecule has 1 aromatic carbocycles. The van der Waals surface area contributed by atoms with Crippen molar-refractivity contribution < 1.29 is 4.79 Å². The predicted molar refractivity (Wildman–Crippen MR) is 67.2 cm³/mol. The molecule has 16 heavy (non-hydrogen) atoms. The van der Waals surface area contributed by atoms with Crippen LogP contribution in [-0.2, 0) is 11.2 Å². The number of fused-ring (bicyclic) bond motifs is 1. The Morgan fingerprint density at radius 3 is 3.06 bits per heavy atom. The lowest BCUT2D eigenvalue weighted by molar-refractivity contribution is -0.115. The maximum atomic E-state index is 11.2. The third-order valence-electron chi connectivity index (χ3n) is 2.66. The minimum absolute atomic E-state index is 0.0387. The average Bonchev–Trinajstić information content (AvgIpc) is 2.58. The van der Waals surface area contributed by atoms with Crippen molar-refractivity contribution >= 4 is 28.9 Å². The van der Waals surface area contributed by atoms with Gasteiger partial charge in [-0.2, -0.15) is 0 Å². The molecule has 0 unspecified atom stereocenters. The summed E-state index contributed by atoms with van der Waals surface area (Å²) in [6, 6.07) is 3.78. The molecule has 1 heterocycles. The largest absolute Gasteiger partial charge is 0.384 e. The first-order valence-corrected chi connectivity index (χ1v) is 5.94. The van der Waals surface area contributed by atoms with Crippen LogP contribution in [0.1, 0.15) is 25.3 Å². The molecule has 0 atom stereocenters. The molecular formula is C12H15ClN2O. The molecule has 0 spiro atoms. The van der Waals surface area contributed by atoms with Crippen LogP contribution in [0.4, 0.5) is 11.4 Å². The van der Waals surface area contributed by atoms with Crippen molar-refractivity contribution in [1.29, 1.82) is 0 Å². The molecule has 4 heteroatoms. The van der Waals surface area contributed by atoms with Gasteiger partial charge in [-0.1, -0.05) is 24.9 Å². The molecule has 2 N–H and O–H groups in total. The Morgan fingerprint density at radius 1 is 1.50 bits per heavy atom.